The highest BCUT2D eigenvalue weighted by Crippen LogP contribution is 2.30. The van der Waals surface area contributed by atoms with Gasteiger partial charge in [0.2, 0.25) is 5.91 Å². The first-order valence-corrected chi connectivity index (χ1v) is 6.64. The van der Waals surface area contributed by atoms with Crippen LogP contribution in [0.15, 0.2) is 30.3 Å². The zero-order valence-corrected chi connectivity index (χ0v) is 11.1. The van der Waals surface area contributed by atoms with Crippen LogP contribution in [0, 0.1) is 11.8 Å². The number of hydrogen-bond donors (Lipinski definition) is 1. The van der Waals surface area contributed by atoms with Crippen LogP contribution in [0.5, 0.6) is 0 Å². The fourth-order valence-electron chi connectivity index (χ4n) is 2.52. The summed E-state index contributed by atoms with van der Waals surface area (Å²) in [4.78, 5) is 23.5. The van der Waals surface area contributed by atoms with Crippen LogP contribution >= 0.6 is 0 Å². The van der Waals surface area contributed by atoms with Gasteiger partial charge in [-0.3, -0.25) is 9.59 Å². The minimum Gasteiger partial charge on any atom is -0.469 e. The molecule has 1 fully saturated rings. The average molecular weight is 261 g/mol. The van der Waals surface area contributed by atoms with Crippen molar-refractivity contribution in [1.82, 2.24) is 0 Å². The fraction of sp³-hybridized carbons (Fsp3) is 0.467. The van der Waals surface area contributed by atoms with E-state index in [4.69, 9.17) is 4.74 Å². The number of carbonyl (C=O) groups is 2. The predicted molar refractivity (Wildman–Crippen MR) is 72.5 cm³/mol. The van der Waals surface area contributed by atoms with Gasteiger partial charge in [-0.05, 0) is 37.8 Å². The molecule has 0 spiro atoms. The Hall–Kier alpha value is -1.84. The molecule has 0 aliphatic heterocycles. The molecule has 0 aromatic heterocycles. The van der Waals surface area contributed by atoms with Crippen molar-refractivity contribution in [2.75, 3.05) is 12.4 Å². The Balaban J connectivity index is 1.84. The largest absolute Gasteiger partial charge is 0.469 e. The summed E-state index contributed by atoms with van der Waals surface area (Å²) in [7, 11) is 1.41. The summed E-state index contributed by atoms with van der Waals surface area (Å²) < 4.78 is 4.74. The zero-order chi connectivity index (χ0) is 13.7. The van der Waals surface area contributed by atoms with Gasteiger partial charge in [0.15, 0.2) is 0 Å². The Morgan fingerprint density at radius 3 is 2.21 bits per heavy atom. The Labute approximate surface area is 113 Å². The van der Waals surface area contributed by atoms with E-state index in [1.165, 1.54) is 7.11 Å². The molecule has 0 atom stereocenters. The minimum atomic E-state index is -0.151. The van der Waals surface area contributed by atoms with Crippen LogP contribution in [0.1, 0.15) is 25.7 Å². The number of nitrogens with one attached hydrogen (secondary N) is 1. The lowest BCUT2D eigenvalue weighted by Gasteiger charge is -2.26. The molecule has 102 valence electrons. The van der Waals surface area contributed by atoms with Gasteiger partial charge in [0.05, 0.1) is 13.0 Å². The molecule has 2 rings (SSSR count). The number of para-hydroxylation sites is 1. The first-order valence-electron chi connectivity index (χ1n) is 6.64. The van der Waals surface area contributed by atoms with Gasteiger partial charge in [0.25, 0.3) is 0 Å². The van der Waals surface area contributed by atoms with Crippen molar-refractivity contribution in [2.45, 2.75) is 25.7 Å². The first kappa shape index (κ1) is 13.6. The summed E-state index contributed by atoms with van der Waals surface area (Å²) in [6, 6.07) is 9.45. The molecule has 0 saturated heterocycles. The summed E-state index contributed by atoms with van der Waals surface area (Å²) >= 11 is 0. The Bertz CT molecular complexity index is 436. The Morgan fingerprint density at radius 1 is 1.05 bits per heavy atom. The molecule has 1 aliphatic rings. The van der Waals surface area contributed by atoms with Crippen LogP contribution in [-0.4, -0.2) is 19.0 Å². The van der Waals surface area contributed by atoms with Crippen molar-refractivity contribution < 1.29 is 14.3 Å². The normalized spacial score (nSPS) is 22.6. The van der Waals surface area contributed by atoms with Crippen LogP contribution in [0.25, 0.3) is 0 Å². The summed E-state index contributed by atoms with van der Waals surface area (Å²) in [5, 5.41) is 2.91. The van der Waals surface area contributed by atoms with E-state index in [-0.39, 0.29) is 23.7 Å². The summed E-state index contributed by atoms with van der Waals surface area (Å²) in [6.45, 7) is 0. The number of carbonyl (C=O) groups excluding carboxylic acids is 2. The second-order valence-corrected chi connectivity index (χ2v) is 4.93. The van der Waals surface area contributed by atoms with Crippen molar-refractivity contribution in [3.05, 3.63) is 30.3 Å². The first-order chi connectivity index (χ1) is 9.20. The molecule has 1 aromatic rings. The van der Waals surface area contributed by atoms with Gasteiger partial charge >= 0.3 is 5.97 Å². The lowest BCUT2D eigenvalue weighted by Crippen LogP contribution is -2.30. The highest BCUT2D eigenvalue weighted by Gasteiger charge is 2.30. The standard InChI is InChI=1S/C15H19NO3/c1-19-15(18)12-9-7-11(8-10-12)14(17)16-13-5-3-2-4-6-13/h2-6,11-12H,7-10H2,1H3,(H,16,17). The van der Waals surface area contributed by atoms with Crippen LogP contribution in [-0.2, 0) is 14.3 Å². The van der Waals surface area contributed by atoms with Gasteiger partial charge in [-0.25, -0.2) is 0 Å². The highest BCUT2D eigenvalue weighted by molar-refractivity contribution is 5.92. The second-order valence-electron chi connectivity index (χ2n) is 4.93. The van der Waals surface area contributed by atoms with E-state index in [9.17, 15) is 9.59 Å². The number of benzene rings is 1. The molecule has 19 heavy (non-hydrogen) atoms. The molecular weight excluding hydrogens is 242 g/mol. The number of amides is 1. The molecule has 4 heteroatoms. The maximum Gasteiger partial charge on any atom is 0.308 e. The van der Waals surface area contributed by atoms with Gasteiger partial charge in [-0.15, -0.1) is 0 Å². The number of methoxy groups -OCH3 is 1. The van der Waals surface area contributed by atoms with Crippen LogP contribution in [0.4, 0.5) is 5.69 Å². The predicted octanol–water partition coefficient (Wildman–Crippen LogP) is 2.60. The molecule has 0 unspecified atom stereocenters. The average Bonchev–Trinajstić information content (AvgIpc) is 2.47. The van der Waals surface area contributed by atoms with E-state index >= 15 is 0 Å². The van der Waals surface area contributed by atoms with Gasteiger partial charge in [0.1, 0.15) is 0 Å². The molecule has 1 amide bonds. The molecule has 0 bridgehead atoms. The van der Waals surface area contributed by atoms with Gasteiger partial charge in [0, 0.05) is 11.6 Å². The van der Waals surface area contributed by atoms with E-state index in [1.54, 1.807) is 0 Å². The molecular formula is C15H19NO3. The SMILES string of the molecule is COC(=O)C1CCC(C(=O)Nc2ccccc2)CC1. The van der Waals surface area contributed by atoms with Gasteiger partial charge < -0.3 is 10.1 Å². The molecule has 0 radical (unpaired) electrons. The van der Waals surface area contributed by atoms with Crippen LogP contribution < -0.4 is 5.32 Å². The monoisotopic (exact) mass is 261 g/mol. The third-order valence-electron chi connectivity index (χ3n) is 3.67. The lowest BCUT2D eigenvalue weighted by atomic mass is 9.81. The van der Waals surface area contributed by atoms with Crippen LogP contribution in [0.3, 0.4) is 0 Å². The van der Waals surface area contributed by atoms with Crippen molar-refractivity contribution in [1.29, 1.82) is 0 Å². The van der Waals surface area contributed by atoms with E-state index in [0.717, 1.165) is 31.4 Å². The molecule has 1 saturated carbocycles. The fourth-order valence-corrected chi connectivity index (χ4v) is 2.52. The topological polar surface area (TPSA) is 55.4 Å². The third-order valence-corrected chi connectivity index (χ3v) is 3.67. The Morgan fingerprint density at radius 2 is 1.63 bits per heavy atom. The van der Waals surface area contributed by atoms with Gasteiger partial charge in [-0.1, -0.05) is 18.2 Å². The molecule has 1 aromatic carbocycles. The van der Waals surface area contributed by atoms with Crippen molar-refractivity contribution >= 4 is 17.6 Å². The van der Waals surface area contributed by atoms with E-state index in [0.29, 0.717) is 0 Å². The van der Waals surface area contributed by atoms with Crippen molar-refractivity contribution in [3.8, 4) is 0 Å². The number of rotatable bonds is 3. The number of ether oxygens (including phenoxy) is 1. The molecule has 0 heterocycles. The van der Waals surface area contributed by atoms with E-state index in [1.807, 2.05) is 30.3 Å². The molecule has 1 aliphatic carbocycles. The van der Waals surface area contributed by atoms with E-state index < -0.39 is 0 Å². The molecule has 4 nitrogen and oxygen atoms in total. The minimum absolute atomic E-state index is 0.00103. The highest BCUT2D eigenvalue weighted by atomic mass is 16.5. The number of hydrogen-bond acceptors (Lipinski definition) is 3. The summed E-state index contributed by atoms with van der Waals surface area (Å²) in [5.41, 5.74) is 0.822. The summed E-state index contributed by atoms with van der Waals surface area (Å²) in [6.07, 6.45) is 2.97. The van der Waals surface area contributed by atoms with E-state index in [2.05, 4.69) is 5.32 Å². The number of esters is 1. The smallest absolute Gasteiger partial charge is 0.308 e. The third kappa shape index (κ3) is 3.56. The van der Waals surface area contributed by atoms with Crippen LogP contribution in [0.2, 0.25) is 0 Å². The molecule has 1 N–H and O–H groups in total. The second kappa shape index (κ2) is 6.36. The van der Waals surface area contributed by atoms with Gasteiger partial charge in [-0.2, -0.15) is 0 Å². The number of anilines is 1. The van der Waals surface area contributed by atoms with Crippen molar-refractivity contribution in [2.24, 2.45) is 11.8 Å². The quantitative estimate of drug-likeness (QED) is 0.851. The maximum absolute atomic E-state index is 12.1. The van der Waals surface area contributed by atoms with Crippen molar-refractivity contribution in [3.63, 3.8) is 0 Å². The Kier molecular flexibility index (Phi) is 4.55. The summed E-state index contributed by atoms with van der Waals surface area (Å²) in [5.74, 6) is -0.136. The maximum atomic E-state index is 12.1. The lowest BCUT2D eigenvalue weighted by molar-refractivity contribution is -0.147. The zero-order valence-electron chi connectivity index (χ0n) is 11.1.